The number of carbonyl (C=O) groups is 2. The molecule has 5 nitrogen and oxygen atoms in total. The Morgan fingerprint density at radius 1 is 1.15 bits per heavy atom. The number of hydrogen-bond acceptors (Lipinski definition) is 3. The van der Waals surface area contributed by atoms with Gasteiger partial charge in [-0.05, 0) is 37.0 Å². The van der Waals surface area contributed by atoms with Crippen molar-refractivity contribution < 1.29 is 14.0 Å². The molecule has 1 aliphatic carbocycles. The number of nitrogens with zero attached hydrogens (tertiary/aromatic N) is 2. The summed E-state index contributed by atoms with van der Waals surface area (Å²) in [6.07, 6.45) is 4.71. The van der Waals surface area contributed by atoms with Crippen LogP contribution in [0.3, 0.4) is 0 Å². The van der Waals surface area contributed by atoms with E-state index >= 15 is 0 Å². The van der Waals surface area contributed by atoms with Crippen molar-refractivity contribution in [2.24, 2.45) is 5.92 Å². The Bertz CT molecular complexity index is 644. The van der Waals surface area contributed by atoms with Gasteiger partial charge in [0, 0.05) is 37.8 Å². The molecule has 0 spiro atoms. The van der Waals surface area contributed by atoms with E-state index in [0.717, 1.165) is 6.42 Å². The first kappa shape index (κ1) is 18.8. The molecule has 3 rings (SSSR count). The average molecular weight is 361 g/mol. The van der Waals surface area contributed by atoms with Crippen molar-refractivity contribution in [1.82, 2.24) is 15.1 Å². The highest BCUT2D eigenvalue weighted by molar-refractivity contribution is 5.94. The smallest absolute Gasteiger partial charge is 0.254 e. The van der Waals surface area contributed by atoms with Gasteiger partial charge in [0.25, 0.3) is 5.91 Å². The Kier molecular flexibility index (Phi) is 6.25. The van der Waals surface area contributed by atoms with Crippen LogP contribution in [0.25, 0.3) is 0 Å². The number of benzene rings is 1. The molecule has 6 heteroatoms. The molecule has 0 radical (unpaired) electrons. The molecule has 1 aromatic rings. The fraction of sp³-hybridized carbons (Fsp3) is 0.600. The van der Waals surface area contributed by atoms with Gasteiger partial charge < -0.3 is 10.2 Å². The second-order valence-electron chi connectivity index (χ2n) is 7.51. The number of amides is 2. The molecule has 0 bridgehead atoms. The molecular formula is C20H28FN3O2. The minimum absolute atomic E-state index is 0.0775. The topological polar surface area (TPSA) is 52.7 Å². The van der Waals surface area contributed by atoms with Gasteiger partial charge in [0.05, 0.1) is 6.54 Å². The molecule has 1 saturated heterocycles. The van der Waals surface area contributed by atoms with Crippen LogP contribution in [0.1, 0.15) is 43.0 Å². The fourth-order valence-corrected chi connectivity index (χ4v) is 3.90. The van der Waals surface area contributed by atoms with E-state index in [1.165, 1.54) is 31.4 Å². The third kappa shape index (κ3) is 4.81. The normalized spacial score (nSPS) is 24.3. The number of rotatable bonds is 4. The molecule has 142 valence electrons. The predicted molar refractivity (Wildman–Crippen MR) is 98.3 cm³/mol. The molecule has 0 aromatic heterocycles. The van der Waals surface area contributed by atoms with Crippen molar-refractivity contribution in [3.63, 3.8) is 0 Å². The van der Waals surface area contributed by atoms with Crippen LogP contribution in [0.4, 0.5) is 4.39 Å². The van der Waals surface area contributed by atoms with Gasteiger partial charge in [-0.15, -0.1) is 0 Å². The van der Waals surface area contributed by atoms with E-state index in [4.69, 9.17) is 0 Å². The molecule has 2 amide bonds. The summed E-state index contributed by atoms with van der Waals surface area (Å²) in [5.74, 6) is 0.0785. The second-order valence-corrected chi connectivity index (χ2v) is 7.51. The molecule has 2 fully saturated rings. The molecule has 1 N–H and O–H groups in total. The highest BCUT2D eigenvalue weighted by atomic mass is 19.1. The summed E-state index contributed by atoms with van der Waals surface area (Å²) >= 11 is 0. The van der Waals surface area contributed by atoms with Gasteiger partial charge >= 0.3 is 0 Å². The highest BCUT2D eigenvalue weighted by Crippen LogP contribution is 2.23. The molecule has 0 unspecified atom stereocenters. The summed E-state index contributed by atoms with van der Waals surface area (Å²) in [5, 5.41) is 3.18. The third-order valence-electron chi connectivity index (χ3n) is 5.56. The minimum Gasteiger partial charge on any atom is -0.352 e. The first-order chi connectivity index (χ1) is 12.5. The van der Waals surface area contributed by atoms with Crippen molar-refractivity contribution >= 4 is 11.8 Å². The Labute approximate surface area is 154 Å². The van der Waals surface area contributed by atoms with Crippen LogP contribution in [0, 0.1) is 11.7 Å². The van der Waals surface area contributed by atoms with Crippen molar-refractivity contribution in [3.05, 3.63) is 35.6 Å². The zero-order valence-corrected chi connectivity index (χ0v) is 15.4. The molecule has 26 heavy (non-hydrogen) atoms. The number of hydrogen-bond donors (Lipinski definition) is 1. The molecule has 1 aliphatic heterocycles. The van der Waals surface area contributed by atoms with Crippen LogP contribution in [-0.4, -0.2) is 60.4 Å². The number of piperazine rings is 1. The third-order valence-corrected chi connectivity index (χ3v) is 5.56. The van der Waals surface area contributed by atoms with Gasteiger partial charge in [0.15, 0.2) is 0 Å². The van der Waals surface area contributed by atoms with Gasteiger partial charge in [-0.2, -0.15) is 0 Å². The monoisotopic (exact) mass is 361 g/mol. The molecule has 2 atom stereocenters. The lowest BCUT2D eigenvalue weighted by atomic mass is 9.86. The molecule has 1 saturated carbocycles. The van der Waals surface area contributed by atoms with E-state index in [1.807, 2.05) is 0 Å². The van der Waals surface area contributed by atoms with E-state index in [9.17, 15) is 14.0 Å². The van der Waals surface area contributed by atoms with E-state index in [0.29, 0.717) is 50.2 Å². The zero-order valence-electron chi connectivity index (χ0n) is 15.4. The number of carbonyl (C=O) groups excluding carboxylic acids is 2. The lowest BCUT2D eigenvalue weighted by Crippen LogP contribution is -2.52. The molecule has 2 aliphatic rings. The summed E-state index contributed by atoms with van der Waals surface area (Å²) < 4.78 is 13.3. The van der Waals surface area contributed by atoms with Crippen molar-refractivity contribution in [3.8, 4) is 0 Å². The maximum Gasteiger partial charge on any atom is 0.254 e. The number of halogens is 1. The highest BCUT2D eigenvalue weighted by Gasteiger charge is 2.26. The Hall–Kier alpha value is -1.95. The Morgan fingerprint density at radius 2 is 1.88 bits per heavy atom. The van der Waals surface area contributed by atoms with Crippen molar-refractivity contribution in [2.75, 3.05) is 32.7 Å². The van der Waals surface area contributed by atoms with Gasteiger partial charge in [-0.3, -0.25) is 14.5 Å². The number of nitrogens with one attached hydrogen (secondary N) is 1. The summed E-state index contributed by atoms with van der Waals surface area (Å²) in [7, 11) is 0. The molecule has 1 heterocycles. The van der Waals surface area contributed by atoms with E-state index in [1.54, 1.807) is 17.0 Å². The zero-order chi connectivity index (χ0) is 18.5. The lowest BCUT2D eigenvalue weighted by Gasteiger charge is -2.35. The van der Waals surface area contributed by atoms with Gasteiger partial charge in [0.1, 0.15) is 5.82 Å². The summed E-state index contributed by atoms with van der Waals surface area (Å²) in [6, 6.07) is 6.09. The standard InChI is InChI=1S/C20H28FN3O2/c1-15-5-2-3-8-18(15)22-19(25)14-23-9-11-24(12-10-23)20(26)16-6-4-7-17(21)13-16/h4,6-7,13,15,18H,2-3,5,8-12,14H2,1H3,(H,22,25)/t15-,18+/m0/s1. The van der Waals surface area contributed by atoms with Crippen LogP contribution < -0.4 is 5.32 Å². The predicted octanol–water partition coefficient (Wildman–Crippen LogP) is 2.28. The quantitative estimate of drug-likeness (QED) is 0.895. The first-order valence-corrected chi connectivity index (χ1v) is 9.59. The molecular weight excluding hydrogens is 333 g/mol. The van der Waals surface area contributed by atoms with Crippen LogP contribution in [-0.2, 0) is 4.79 Å². The van der Waals surface area contributed by atoms with Crippen LogP contribution in [0.2, 0.25) is 0 Å². The van der Waals surface area contributed by atoms with Crippen LogP contribution in [0.15, 0.2) is 24.3 Å². The van der Waals surface area contributed by atoms with Crippen molar-refractivity contribution in [2.45, 2.75) is 38.6 Å². The lowest BCUT2D eigenvalue weighted by molar-refractivity contribution is -0.123. The minimum atomic E-state index is -0.400. The summed E-state index contributed by atoms with van der Waals surface area (Å²) in [4.78, 5) is 28.6. The van der Waals surface area contributed by atoms with E-state index < -0.39 is 5.82 Å². The second kappa shape index (κ2) is 8.62. The maximum atomic E-state index is 13.3. The van der Waals surface area contributed by atoms with Gasteiger partial charge in [-0.1, -0.05) is 25.8 Å². The van der Waals surface area contributed by atoms with Crippen LogP contribution >= 0.6 is 0 Å². The fourth-order valence-electron chi connectivity index (χ4n) is 3.90. The van der Waals surface area contributed by atoms with E-state index in [-0.39, 0.29) is 11.8 Å². The van der Waals surface area contributed by atoms with E-state index in [2.05, 4.69) is 17.1 Å². The average Bonchev–Trinajstić information content (AvgIpc) is 2.64. The Balaban J connectivity index is 1.44. The van der Waals surface area contributed by atoms with Gasteiger partial charge in [-0.25, -0.2) is 4.39 Å². The summed E-state index contributed by atoms with van der Waals surface area (Å²) in [6.45, 7) is 5.03. The maximum absolute atomic E-state index is 13.3. The molecule has 1 aromatic carbocycles. The van der Waals surface area contributed by atoms with Gasteiger partial charge in [0.2, 0.25) is 5.91 Å². The summed E-state index contributed by atoms with van der Waals surface area (Å²) in [5.41, 5.74) is 0.377. The van der Waals surface area contributed by atoms with Crippen LogP contribution in [0.5, 0.6) is 0 Å². The largest absolute Gasteiger partial charge is 0.352 e. The Morgan fingerprint density at radius 3 is 2.58 bits per heavy atom. The first-order valence-electron chi connectivity index (χ1n) is 9.59. The SMILES string of the molecule is C[C@H]1CCCC[C@H]1NC(=O)CN1CCN(C(=O)c2cccc(F)c2)CC1. The van der Waals surface area contributed by atoms with Crippen molar-refractivity contribution in [1.29, 1.82) is 0 Å².